The van der Waals surface area contributed by atoms with Crippen molar-refractivity contribution in [2.45, 2.75) is 13.0 Å². The van der Waals surface area contributed by atoms with Crippen molar-refractivity contribution in [3.63, 3.8) is 0 Å². The molecule has 98 valence electrons. The molecule has 1 aromatic heterocycles. The minimum absolute atomic E-state index is 0.0496. The van der Waals surface area contributed by atoms with Crippen LogP contribution < -0.4 is 5.32 Å². The third-order valence-corrected chi connectivity index (χ3v) is 3.25. The summed E-state index contributed by atoms with van der Waals surface area (Å²) in [5.41, 5.74) is 0.896. The number of nitrogens with one attached hydrogen (secondary N) is 1. The van der Waals surface area contributed by atoms with Crippen LogP contribution in [0.3, 0.4) is 0 Å². The average molecular weight is 323 g/mol. The molecular formula is C14H12BrFN2O. The molecule has 0 bridgehead atoms. The topological polar surface area (TPSA) is 42.0 Å². The van der Waals surface area contributed by atoms with Crippen LogP contribution in [0.2, 0.25) is 0 Å². The summed E-state index contributed by atoms with van der Waals surface area (Å²) >= 11 is 3.35. The van der Waals surface area contributed by atoms with Gasteiger partial charge in [-0.1, -0.05) is 28.1 Å². The molecule has 0 radical (unpaired) electrons. The molecule has 19 heavy (non-hydrogen) atoms. The third-order valence-electron chi connectivity index (χ3n) is 2.72. The first-order valence-corrected chi connectivity index (χ1v) is 6.54. The van der Waals surface area contributed by atoms with Crippen LogP contribution in [0.1, 0.15) is 28.9 Å². The number of aromatic nitrogens is 1. The number of hydrogen-bond acceptors (Lipinski definition) is 2. The molecule has 0 spiro atoms. The smallest absolute Gasteiger partial charge is 0.256 e. The number of rotatable bonds is 3. The summed E-state index contributed by atoms with van der Waals surface area (Å²) < 4.78 is 14.3. The molecule has 0 aliphatic rings. The lowest BCUT2D eigenvalue weighted by Crippen LogP contribution is -2.27. The second kappa shape index (κ2) is 5.93. The lowest BCUT2D eigenvalue weighted by atomic mass is 10.1. The van der Waals surface area contributed by atoms with Crippen LogP contribution in [0.4, 0.5) is 4.39 Å². The SMILES string of the molecule is CC(NC(=O)c1cccnc1F)c1ccc(Br)cc1. The van der Waals surface area contributed by atoms with Gasteiger partial charge in [0.25, 0.3) is 5.91 Å². The van der Waals surface area contributed by atoms with Crippen molar-refractivity contribution in [2.75, 3.05) is 0 Å². The van der Waals surface area contributed by atoms with Crippen LogP contribution in [0.5, 0.6) is 0 Å². The second-order valence-corrected chi connectivity index (χ2v) is 5.00. The lowest BCUT2D eigenvalue weighted by Gasteiger charge is -2.14. The Bertz CT molecular complexity index is 586. The maximum atomic E-state index is 13.4. The average Bonchev–Trinajstić information content (AvgIpc) is 2.39. The molecule has 0 saturated heterocycles. The first-order chi connectivity index (χ1) is 9.08. The van der Waals surface area contributed by atoms with Crippen LogP contribution in [-0.4, -0.2) is 10.9 Å². The molecule has 0 saturated carbocycles. The number of amides is 1. The summed E-state index contributed by atoms with van der Waals surface area (Å²) in [5, 5.41) is 2.74. The highest BCUT2D eigenvalue weighted by molar-refractivity contribution is 9.10. The van der Waals surface area contributed by atoms with E-state index in [1.807, 2.05) is 31.2 Å². The molecule has 1 atom stereocenters. The van der Waals surface area contributed by atoms with E-state index in [1.165, 1.54) is 18.3 Å². The predicted molar refractivity (Wildman–Crippen MR) is 74.2 cm³/mol. The van der Waals surface area contributed by atoms with Crippen LogP contribution >= 0.6 is 15.9 Å². The number of carbonyl (C=O) groups excluding carboxylic acids is 1. The Morgan fingerprint density at radius 1 is 1.32 bits per heavy atom. The molecule has 1 amide bonds. The number of halogens is 2. The Labute approximate surface area is 119 Å². The van der Waals surface area contributed by atoms with E-state index >= 15 is 0 Å². The number of carbonyl (C=O) groups is 1. The van der Waals surface area contributed by atoms with Crippen molar-refractivity contribution >= 4 is 21.8 Å². The quantitative estimate of drug-likeness (QED) is 0.879. The molecule has 5 heteroatoms. The number of benzene rings is 1. The van der Waals surface area contributed by atoms with Crippen molar-refractivity contribution < 1.29 is 9.18 Å². The number of hydrogen-bond donors (Lipinski definition) is 1. The molecule has 2 aromatic rings. The minimum Gasteiger partial charge on any atom is -0.345 e. The van der Waals surface area contributed by atoms with E-state index in [0.29, 0.717) is 0 Å². The Kier molecular flexibility index (Phi) is 4.27. The summed E-state index contributed by atoms with van der Waals surface area (Å²) in [4.78, 5) is 15.4. The molecule has 1 heterocycles. The van der Waals surface area contributed by atoms with Gasteiger partial charge in [-0.15, -0.1) is 0 Å². The maximum Gasteiger partial charge on any atom is 0.256 e. The monoisotopic (exact) mass is 322 g/mol. The maximum absolute atomic E-state index is 13.4. The fourth-order valence-electron chi connectivity index (χ4n) is 1.66. The normalized spacial score (nSPS) is 11.9. The van der Waals surface area contributed by atoms with Crippen molar-refractivity contribution in [2.24, 2.45) is 0 Å². The summed E-state index contributed by atoms with van der Waals surface area (Å²) in [5.74, 6) is -1.23. The van der Waals surface area contributed by atoms with E-state index in [2.05, 4.69) is 26.2 Å². The van der Waals surface area contributed by atoms with Gasteiger partial charge >= 0.3 is 0 Å². The third kappa shape index (κ3) is 3.38. The number of pyridine rings is 1. The summed E-state index contributed by atoms with van der Waals surface area (Å²) in [6, 6.07) is 10.3. The lowest BCUT2D eigenvalue weighted by molar-refractivity contribution is 0.0935. The van der Waals surface area contributed by atoms with Crippen molar-refractivity contribution in [1.82, 2.24) is 10.3 Å². The van der Waals surface area contributed by atoms with Gasteiger partial charge in [0.1, 0.15) is 0 Å². The highest BCUT2D eigenvalue weighted by Gasteiger charge is 2.15. The Hall–Kier alpha value is -1.75. The molecular weight excluding hydrogens is 311 g/mol. The van der Waals surface area contributed by atoms with Crippen LogP contribution in [0.25, 0.3) is 0 Å². The molecule has 0 aliphatic carbocycles. The number of nitrogens with zero attached hydrogens (tertiary/aromatic N) is 1. The van der Waals surface area contributed by atoms with Gasteiger partial charge in [-0.2, -0.15) is 4.39 Å². The van der Waals surface area contributed by atoms with E-state index in [4.69, 9.17) is 0 Å². The first-order valence-electron chi connectivity index (χ1n) is 5.75. The van der Waals surface area contributed by atoms with Gasteiger partial charge in [-0.25, -0.2) is 4.98 Å². The highest BCUT2D eigenvalue weighted by Crippen LogP contribution is 2.17. The van der Waals surface area contributed by atoms with Gasteiger partial charge in [-0.3, -0.25) is 4.79 Å². The fraction of sp³-hybridized carbons (Fsp3) is 0.143. The molecule has 0 fully saturated rings. The van der Waals surface area contributed by atoms with E-state index in [-0.39, 0.29) is 11.6 Å². The van der Waals surface area contributed by atoms with Gasteiger partial charge in [0, 0.05) is 10.7 Å². The van der Waals surface area contributed by atoms with Crippen LogP contribution in [0, 0.1) is 5.95 Å². The Balaban J connectivity index is 2.11. The molecule has 0 aliphatic heterocycles. The predicted octanol–water partition coefficient (Wildman–Crippen LogP) is 3.47. The van der Waals surface area contributed by atoms with Gasteiger partial charge < -0.3 is 5.32 Å². The van der Waals surface area contributed by atoms with E-state index in [9.17, 15) is 9.18 Å². The molecule has 1 N–H and O–H groups in total. The zero-order valence-electron chi connectivity index (χ0n) is 10.2. The van der Waals surface area contributed by atoms with Crippen LogP contribution in [-0.2, 0) is 0 Å². The zero-order chi connectivity index (χ0) is 13.8. The van der Waals surface area contributed by atoms with Gasteiger partial charge in [0.2, 0.25) is 5.95 Å². The van der Waals surface area contributed by atoms with Crippen molar-refractivity contribution in [3.05, 3.63) is 64.1 Å². The molecule has 2 rings (SSSR count). The molecule has 1 aromatic carbocycles. The fourth-order valence-corrected chi connectivity index (χ4v) is 1.93. The largest absolute Gasteiger partial charge is 0.345 e. The van der Waals surface area contributed by atoms with E-state index in [0.717, 1.165) is 10.0 Å². The summed E-state index contributed by atoms with van der Waals surface area (Å²) in [6.45, 7) is 1.84. The summed E-state index contributed by atoms with van der Waals surface area (Å²) in [6.07, 6.45) is 1.31. The Morgan fingerprint density at radius 3 is 2.63 bits per heavy atom. The second-order valence-electron chi connectivity index (χ2n) is 4.09. The van der Waals surface area contributed by atoms with Crippen molar-refractivity contribution in [1.29, 1.82) is 0 Å². The summed E-state index contributed by atoms with van der Waals surface area (Å²) in [7, 11) is 0. The Morgan fingerprint density at radius 2 is 2.00 bits per heavy atom. The first kappa shape index (κ1) is 13.7. The zero-order valence-corrected chi connectivity index (χ0v) is 11.8. The minimum atomic E-state index is -0.761. The van der Waals surface area contributed by atoms with Crippen molar-refractivity contribution in [3.8, 4) is 0 Å². The van der Waals surface area contributed by atoms with E-state index in [1.54, 1.807) is 0 Å². The van der Waals surface area contributed by atoms with Gasteiger partial charge in [0.15, 0.2) is 0 Å². The highest BCUT2D eigenvalue weighted by atomic mass is 79.9. The standard InChI is InChI=1S/C14H12BrFN2O/c1-9(10-4-6-11(15)7-5-10)18-14(19)12-3-2-8-17-13(12)16/h2-9H,1H3,(H,18,19). The molecule has 3 nitrogen and oxygen atoms in total. The van der Waals surface area contributed by atoms with Gasteiger partial charge in [0.05, 0.1) is 11.6 Å². The van der Waals surface area contributed by atoms with Crippen LogP contribution in [0.15, 0.2) is 47.1 Å². The molecule has 1 unspecified atom stereocenters. The van der Waals surface area contributed by atoms with E-state index < -0.39 is 11.9 Å². The van der Waals surface area contributed by atoms with Gasteiger partial charge in [-0.05, 0) is 36.8 Å².